The largest absolute Gasteiger partial charge is 0.384 e. The highest BCUT2D eigenvalue weighted by Gasteiger charge is 2.26. The number of fused-ring (bicyclic) bond motifs is 2. The SMILES string of the molecule is CCCCNc1cc(N2CCS(=O)(=O)c3ccccc3C2)nc2ccc(Cl)cc12. The summed E-state index contributed by atoms with van der Waals surface area (Å²) in [5.74, 6) is 0.842. The molecular weight excluding hydrogens is 406 g/mol. The maximum Gasteiger partial charge on any atom is 0.180 e. The van der Waals surface area contributed by atoms with Crippen molar-refractivity contribution in [1.82, 2.24) is 4.98 Å². The van der Waals surface area contributed by atoms with E-state index in [0.29, 0.717) is 23.0 Å². The maximum atomic E-state index is 12.7. The second kappa shape index (κ2) is 8.20. The van der Waals surface area contributed by atoms with Crippen LogP contribution in [-0.4, -0.2) is 32.2 Å². The first-order valence-electron chi connectivity index (χ1n) is 9.88. The van der Waals surface area contributed by atoms with E-state index in [4.69, 9.17) is 16.6 Å². The molecule has 1 aliphatic heterocycles. The Labute approximate surface area is 176 Å². The van der Waals surface area contributed by atoms with Gasteiger partial charge >= 0.3 is 0 Å². The van der Waals surface area contributed by atoms with Gasteiger partial charge in [-0.05, 0) is 36.2 Å². The number of hydrogen-bond donors (Lipinski definition) is 1. The predicted molar refractivity (Wildman–Crippen MR) is 120 cm³/mol. The van der Waals surface area contributed by atoms with E-state index in [2.05, 4.69) is 12.2 Å². The van der Waals surface area contributed by atoms with Crippen LogP contribution in [0, 0.1) is 0 Å². The molecule has 0 spiro atoms. The van der Waals surface area contributed by atoms with E-state index < -0.39 is 9.84 Å². The smallest absolute Gasteiger partial charge is 0.180 e. The van der Waals surface area contributed by atoms with Crippen LogP contribution in [0.3, 0.4) is 0 Å². The average molecular weight is 430 g/mol. The van der Waals surface area contributed by atoms with Crippen LogP contribution in [-0.2, 0) is 16.4 Å². The molecule has 29 heavy (non-hydrogen) atoms. The maximum absolute atomic E-state index is 12.7. The Morgan fingerprint density at radius 3 is 2.83 bits per heavy atom. The number of pyridine rings is 1. The summed E-state index contributed by atoms with van der Waals surface area (Å²) in [6.45, 7) is 3.93. The molecule has 2 aromatic carbocycles. The van der Waals surface area contributed by atoms with Gasteiger partial charge in [0.25, 0.3) is 0 Å². The van der Waals surface area contributed by atoms with Gasteiger partial charge in [-0.15, -0.1) is 0 Å². The first kappa shape index (κ1) is 20.0. The fourth-order valence-corrected chi connectivity index (χ4v) is 5.32. The highest BCUT2D eigenvalue weighted by Crippen LogP contribution is 2.32. The molecule has 0 radical (unpaired) electrons. The molecule has 0 bridgehead atoms. The molecule has 0 aliphatic carbocycles. The standard InChI is InChI=1S/C22H24ClN3O2S/c1-2-3-10-24-20-14-22(25-19-9-8-17(23)13-18(19)20)26-11-12-29(27,28)21-7-5-4-6-16(21)15-26/h4-9,13-14H,2-3,10-12,15H2,1H3,(H,24,25). The second-order valence-electron chi connectivity index (χ2n) is 7.32. The molecule has 2 heterocycles. The summed E-state index contributed by atoms with van der Waals surface area (Å²) >= 11 is 6.22. The minimum absolute atomic E-state index is 0.0724. The molecule has 1 N–H and O–H groups in total. The van der Waals surface area contributed by atoms with Gasteiger partial charge in [-0.2, -0.15) is 0 Å². The van der Waals surface area contributed by atoms with Crippen LogP contribution in [0.4, 0.5) is 11.5 Å². The Hall–Kier alpha value is -2.31. The molecule has 0 amide bonds. The van der Waals surface area contributed by atoms with Crippen LogP contribution in [0.2, 0.25) is 5.02 Å². The van der Waals surface area contributed by atoms with Crippen molar-refractivity contribution in [2.24, 2.45) is 0 Å². The lowest BCUT2D eigenvalue weighted by Gasteiger charge is -2.23. The Kier molecular flexibility index (Phi) is 5.65. The zero-order valence-electron chi connectivity index (χ0n) is 16.4. The van der Waals surface area contributed by atoms with Crippen molar-refractivity contribution in [3.8, 4) is 0 Å². The molecule has 0 unspecified atom stereocenters. The molecule has 0 saturated heterocycles. The van der Waals surface area contributed by atoms with Crippen molar-refractivity contribution in [3.63, 3.8) is 0 Å². The van der Waals surface area contributed by atoms with Gasteiger partial charge in [-0.25, -0.2) is 13.4 Å². The van der Waals surface area contributed by atoms with Crippen molar-refractivity contribution in [1.29, 1.82) is 0 Å². The van der Waals surface area contributed by atoms with E-state index in [9.17, 15) is 8.42 Å². The Morgan fingerprint density at radius 2 is 2.00 bits per heavy atom. The summed E-state index contributed by atoms with van der Waals surface area (Å²) in [6.07, 6.45) is 2.17. The van der Waals surface area contributed by atoms with Gasteiger partial charge in [-0.3, -0.25) is 0 Å². The van der Waals surface area contributed by atoms with Gasteiger partial charge in [0.15, 0.2) is 9.84 Å². The molecule has 5 nitrogen and oxygen atoms in total. The molecule has 0 fully saturated rings. The van der Waals surface area contributed by atoms with Crippen molar-refractivity contribution in [2.75, 3.05) is 29.1 Å². The van der Waals surface area contributed by atoms with E-state index in [1.165, 1.54) is 0 Å². The molecule has 4 rings (SSSR count). The van der Waals surface area contributed by atoms with E-state index >= 15 is 0 Å². The molecule has 0 saturated carbocycles. The zero-order valence-corrected chi connectivity index (χ0v) is 17.9. The number of anilines is 2. The second-order valence-corrected chi connectivity index (χ2v) is 9.83. The van der Waals surface area contributed by atoms with Gasteiger partial charge in [0.05, 0.1) is 16.2 Å². The third kappa shape index (κ3) is 4.19. The van der Waals surface area contributed by atoms with Gasteiger partial charge < -0.3 is 10.2 Å². The van der Waals surface area contributed by atoms with Crippen LogP contribution < -0.4 is 10.2 Å². The summed E-state index contributed by atoms with van der Waals surface area (Å²) in [4.78, 5) is 7.29. The molecular formula is C22H24ClN3O2S. The minimum Gasteiger partial charge on any atom is -0.384 e. The summed E-state index contributed by atoms with van der Waals surface area (Å²) in [5.41, 5.74) is 2.62. The monoisotopic (exact) mass is 429 g/mol. The normalized spacial score (nSPS) is 15.7. The summed E-state index contributed by atoms with van der Waals surface area (Å²) < 4.78 is 25.4. The van der Waals surface area contributed by atoms with Crippen LogP contribution in [0.1, 0.15) is 25.3 Å². The van der Waals surface area contributed by atoms with Crippen LogP contribution >= 0.6 is 11.6 Å². The topological polar surface area (TPSA) is 62.3 Å². The van der Waals surface area contributed by atoms with E-state index in [1.54, 1.807) is 12.1 Å². The van der Waals surface area contributed by atoms with Crippen molar-refractivity contribution in [2.45, 2.75) is 31.2 Å². The molecule has 7 heteroatoms. The van der Waals surface area contributed by atoms with Crippen LogP contribution in [0.15, 0.2) is 53.4 Å². The number of nitrogens with one attached hydrogen (secondary N) is 1. The van der Waals surface area contributed by atoms with E-state index in [-0.39, 0.29) is 5.75 Å². The minimum atomic E-state index is -3.30. The van der Waals surface area contributed by atoms with Crippen molar-refractivity contribution in [3.05, 3.63) is 59.1 Å². The number of benzene rings is 2. The Morgan fingerprint density at radius 1 is 1.17 bits per heavy atom. The third-order valence-electron chi connectivity index (χ3n) is 5.23. The number of sulfone groups is 1. The quantitative estimate of drug-likeness (QED) is 0.585. The fraction of sp³-hybridized carbons (Fsp3) is 0.318. The molecule has 0 atom stereocenters. The van der Waals surface area contributed by atoms with Crippen LogP contribution in [0.5, 0.6) is 0 Å². The predicted octanol–water partition coefficient (Wildman–Crippen LogP) is 4.89. The van der Waals surface area contributed by atoms with Crippen molar-refractivity contribution < 1.29 is 8.42 Å². The number of unbranched alkanes of at least 4 members (excludes halogenated alkanes) is 1. The van der Waals surface area contributed by atoms with E-state index in [1.807, 2.05) is 41.3 Å². The number of hydrogen-bond acceptors (Lipinski definition) is 5. The highest BCUT2D eigenvalue weighted by atomic mass is 35.5. The average Bonchev–Trinajstić information content (AvgIpc) is 2.84. The first-order chi connectivity index (χ1) is 14.0. The Bertz CT molecular complexity index is 1150. The van der Waals surface area contributed by atoms with Gasteiger partial charge in [0.2, 0.25) is 0 Å². The number of nitrogens with zero attached hydrogens (tertiary/aromatic N) is 2. The number of rotatable bonds is 5. The lowest BCUT2D eigenvalue weighted by molar-refractivity contribution is 0.596. The highest BCUT2D eigenvalue weighted by molar-refractivity contribution is 7.91. The Balaban J connectivity index is 1.76. The summed E-state index contributed by atoms with van der Waals surface area (Å²) in [7, 11) is -3.30. The molecule has 1 aliphatic rings. The molecule has 3 aromatic rings. The molecule has 152 valence electrons. The van der Waals surface area contributed by atoms with Crippen molar-refractivity contribution >= 4 is 43.8 Å². The summed E-state index contributed by atoms with van der Waals surface area (Å²) in [5, 5.41) is 5.14. The third-order valence-corrected chi connectivity index (χ3v) is 7.25. The lowest BCUT2D eigenvalue weighted by Crippen LogP contribution is -2.26. The number of halogens is 1. The van der Waals surface area contributed by atoms with Gasteiger partial charge in [0, 0.05) is 41.8 Å². The van der Waals surface area contributed by atoms with E-state index in [0.717, 1.165) is 47.4 Å². The first-order valence-corrected chi connectivity index (χ1v) is 11.9. The van der Waals surface area contributed by atoms with Crippen LogP contribution in [0.25, 0.3) is 10.9 Å². The zero-order chi connectivity index (χ0) is 20.4. The summed E-state index contributed by atoms with van der Waals surface area (Å²) in [6, 6.07) is 14.9. The fourth-order valence-electron chi connectivity index (χ4n) is 3.65. The number of aromatic nitrogens is 1. The van der Waals surface area contributed by atoms with Gasteiger partial charge in [-0.1, -0.05) is 43.1 Å². The van der Waals surface area contributed by atoms with Gasteiger partial charge in [0.1, 0.15) is 5.82 Å². The lowest BCUT2D eigenvalue weighted by atomic mass is 10.1. The molecule has 1 aromatic heterocycles.